The van der Waals surface area contributed by atoms with Crippen LogP contribution in [0.5, 0.6) is 0 Å². The van der Waals surface area contributed by atoms with Crippen molar-refractivity contribution in [3.63, 3.8) is 0 Å². The fourth-order valence-corrected chi connectivity index (χ4v) is 1.77. The van der Waals surface area contributed by atoms with Crippen LogP contribution in [0.15, 0.2) is 0 Å². The summed E-state index contributed by atoms with van der Waals surface area (Å²) in [6.45, 7) is 10.5. The zero-order chi connectivity index (χ0) is 15.7. The number of carbonyl (C=O) groups excluding carboxylic acids is 3. The minimum atomic E-state index is -0.915. The summed E-state index contributed by atoms with van der Waals surface area (Å²) in [4.78, 5) is 36.8. The third kappa shape index (κ3) is 4.51. The van der Waals surface area contributed by atoms with E-state index in [0.717, 1.165) is 4.90 Å². The van der Waals surface area contributed by atoms with Gasteiger partial charge in [-0.05, 0) is 48.0 Å². The highest BCUT2D eigenvalue weighted by Gasteiger charge is 2.43. The van der Waals surface area contributed by atoms with Crippen molar-refractivity contribution in [3.05, 3.63) is 0 Å². The van der Waals surface area contributed by atoms with Gasteiger partial charge in [-0.2, -0.15) is 0 Å². The first-order valence-corrected chi connectivity index (χ1v) is 6.68. The van der Waals surface area contributed by atoms with Gasteiger partial charge in [-0.1, -0.05) is 0 Å². The van der Waals surface area contributed by atoms with Crippen LogP contribution in [-0.4, -0.2) is 40.6 Å². The number of esters is 1. The van der Waals surface area contributed by atoms with E-state index in [1.54, 1.807) is 41.5 Å². The summed E-state index contributed by atoms with van der Waals surface area (Å²) in [7, 11) is 0. The summed E-state index contributed by atoms with van der Waals surface area (Å²) in [5.41, 5.74) is -1.34. The van der Waals surface area contributed by atoms with Gasteiger partial charge >= 0.3 is 12.1 Å². The van der Waals surface area contributed by atoms with Crippen molar-refractivity contribution in [2.45, 2.75) is 59.2 Å². The molecule has 1 aliphatic heterocycles. The molecular weight excluding hydrogens is 262 g/mol. The lowest BCUT2D eigenvalue weighted by Crippen LogP contribution is -2.40. The molecular formula is C14H23NO5. The van der Waals surface area contributed by atoms with Crippen LogP contribution < -0.4 is 0 Å². The van der Waals surface area contributed by atoms with Crippen LogP contribution in [0.1, 0.15) is 48.0 Å². The van der Waals surface area contributed by atoms with Gasteiger partial charge in [-0.25, -0.2) is 9.69 Å². The van der Waals surface area contributed by atoms with E-state index in [0.29, 0.717) is 0 Å². The van der Waals surface area contributed by atoms with Gasteiger partial charge in [-0.3, -0.25) is 9.59 Å². The van der Waals surface area contributed by atoms with Gasteiger partial charge in [0.05, 0.1) is 0 Å². The number of ether oxygens (including phenoxy) is 2. The lowest BCUT2D eigenvalue weighted by atomic mass is 10.1. The number of hydrogen-bond acceptors (Lipinski definition) is 5. The van der Waals surface area contributed by atoms with Crippen LogP contribution in [0.2, 0.25) is 0 Å². The van der Waals surface area contributed by atoms with Gasteiger partial charge in [0, 0.05) is 6.54 Å². The molecule has 114 valence electrons. The maximum Gasteiger partial charge on any atom is 0.417 e. The molecule has 1 saturated heterocycles. The highest BCUT2D eigenvalue weighted by Crippen LogP contribution is 2.24. The molecule has 0 bridgehead atoms. The number of hydrogen-bond donors (Lipinski definition) is 0. The minimum Gasteiger partial charge on any atom is -0.459 e. The Morgan fingerprint density at radius 2 is 1.55 bits per heavy atom. The number of amides is 2. The fourth-order valence-electron chi connectivity index (χ4n) is 1.77. The van der Waals surface area contributed by atoms with E-state index in [-0.39, 0.29) is 13.0 Å². The number of likely N-dealkylation sites (tertiary alicyclic amines) is 1. The number of nitrogens with zero attached hydrogens (tertiary/aromatic N) is 1. The van der Waals surface area contributed by atoms with E-state index in [1.165, 1.54) is 0 Å². The quantitative estimate of drug-likeness (QED) is 0.545. The van der Waals surface area contributed by atoms with Crippen molar-refractivity contribution in [1.82, 2.24) is 4.90 Å². The molecule has 0 radical (unpaired) electrons. The second-order valence-corrected chi connectivity index (χ2v) is 6.84. The molecule has 0 saturated carbocycles. The van der Waals surface area contributed by atoms with E-state index in [9.17, 15) is 14.4 Å². The molecule has 1 fully saturated rings. The van der Waals surface area contributed by atoms with Crippen molar-refractivity contribution in [3.8, 4) is 0 Å². The topological polar surface area (TPSA) is 72.9 Å². The molecule has 1 atom stereocenters. The molecule has 0 aliphatic carbocycles. The molecule has 1 aliphatic rings. The first kappa shape index (κ1) is 16.5. The van der Waals surface area contributed by atoms with E-state index in [1.807, 2.05) is 0 Å². The largest absolute Gasteiger partial charge is 0.459 e. The predicted octanol–water partition coefficient (Wildman–Crippen LogP) is 2.11. The van der Waals surface area contributed by atoms with Crippen LogP contribution in [-0.2, 0) is 19.1 Å². The summed E-state index contributed by atoms with van der Waals surface area (Å²) in [6.07, 6.45) is -0.443. The Morgan fingerprint density at radius 1 is 1.05 bits per heavy atom. The van der Waals surface area contributed by atoms with Gasteiger partial charge in [0.25, 0.3) is 0 Å². The smallest absolute Gasteiger partial charge is 0.417 e. The second-order valence-electron chi connectivity index (χ2n) is 6.84. The van der Waals surface area contributed by atoms with E-state index in [4.69, 9.17) is 9.47 Å². The first-order chi connectivity index (χ1) is 8.91. The fraction of sp³-hybridized carbons (Fsp3) is 0.786. The van der Waals surface area contributed by atoms with Gasteiger partial charge < -0.3 is 9.47 Å². The summed E-state index contributed by atoms with van der Waals surface area (Å²) >= 11 is 0. The maximum atomic E-state index is 12.1. The molecule has 0 spiro atoms. The molecule has 2 amide bonds. The molecule has 1 heterocycles. The average Bonchev–Trinajstić information content (AvgIpc) is 2.54. The normalized spacial score (nSPS) is 20.0. The number of carbonyl (C=O) groups is 3. The van der Waals surface area contributed by atoms with Crippen LogP contribution in [0.4, 0.5) is 4.79 Å². The Bertz CT molecular complexity index is 378. The minimum absolute atomic E-state index is 0.178. The zero-order valence-electron chi connectivity index (χ0n) is 13.0. The van der Waals surface area contributed by atoms with Gasteiger partial charge in [0.1, 0.15) is 17.1 Å². The number of imide groups is 1. The Kier molecular flexibility index (Phi) is 4.46. The molecule has 6 nitrogen and oxygen atoms in total. The summed E-state index contributed by atoms with van der Waals surface area (Å²) in [5, 5.41) is 0. The Balaban J connectivity index is 2.69. The van der Waals surface area contributed by atoms with Crippen molar-refractivity contribution in [1.29, 1.82) is 0 Å². The predicted molar refractivity (Wildman–Crippen MR) is 71.9 cm³/mol. The standard InChI is InChI=1S/C14H23NO5/c1-13(2,3)19-11(17)9-7-8-15(10(9)16)12(18)20-14(4,5)6/h9H,7-8H2,1-6H3/t9-/m1/s1. The molecule has 1 rings (SSSR count). The van der Waals surface area contributed by atoms with Crippen molar-refractivity contribution >= 4 is 18.0 Å². The van der Waals surface area contributed by atoms with E-state index in [2.05, 4.69) is 0 Å². The lowest BCUT2D eigenvalue weighted by molar-refractivity contribution is -0.162. The van der Waals surface area contributed by atoms with Crippen LogP contribution in [0.25, 0.3) is 0 Å². The third-order valence-corrected chi connectivity index (χ3v) is 2.51. The third-order valence-electron chi connectivity index (χ3n) is 2.51. The molecule has 0 N–H and O–H groups in total. The van der Waals surface area contributed by atoms with Crippen LogP contribution in [0, 0.1) is 5.92 Å². The Labute approximate surface area is 119 Å². The van der Waals surface area contributed by atoms with Gasteiger partial charge in [0.15, 0.2) is 0 Å². The Hall–Kier alpha value is -1.59. The molecule has 0 aromatic carbocycles. The van der Waals surface area contributed by atoms with Gasteiger partial charge in [0.2, 0.25) is 5.91 Å². The summed E-state index contributed by atoms with van der Waals surface area (Å²) in [5.74, 6) is -2.05. The molecule has 0 aromatic rings. The lowest BCUT2D eigenvalue weighted by Gasteiger charge is -2.24. The highest BCUT2D eigenvalue weighted by molar-refractivity contribution is 6.05. The van der Waals surface area contributed by atoms with Gasteiger partial charge in [-0.15, -0.1) is 0 Å². The molecule has 0 aromatic heterocycles. The van der Waals surface area contributed by atoms with E-state index >= 15 is 0 Å². The maximum absolute atomic E-state index is 12.1. The van der Waals surface area contributed by atoms with Crippen molar-refractivity contribution in [2.24, 2.45) is 5.92 Å². The van der Waals surface area contributed by atoms with Crippen molar-refractivity contribution in [2.75, 3.05) is 6.54 Å². The molecule has 20 heavy (non-hydrogen) atoms. The molecule has 0 unspecified atom stereocenters. The van der Waals surface area contributed by atoms with Crippen molar-refractivity contribution < 1.29 is 23.9 Å². The zero-order valence-corrected chi connectivity index (χ0v) is 13.0. The highest BCUT2D eigenvalue weighted by atomic mass is 16.6. The second kappa shape index (κ2) is 5.42. The Morgan fingerprint density at radius 3 is 2.00 bits per heavy atom. The van der Waals surface area contributed by atoms with Crippen LogP contribution in [0.3, 0.4) is 0 Å². The van der Waals surface area contributed by atoms with E-state index < -0.39 is 35.1 Å². The molecule has 6 heteroatoms. The summed E-state index contributed by atoms with van der Waals surface area (Å²) < 4.78 is 10.3. The monoisotopic (exact) mass is 285 g/mol. The number of rotatable bonds is 1. The van der Waals surface area contributed by atoms with Crippen LogP contribution >= 0.6 is 0 Å². The SMILES string of the molecule is CC(C)(C)OC(=O)[C@@H]1CCN(C(=O)OC(C)(C)C)C1=O. The first-order valence-electron chi connectivity index (χ1n) is 6.68. The average molecular weight is 285 g/mol. The summed E-state index contributed by atoms with van der Waals surface area (Å²) in [6, 6.07) is 0.